The number of rotatable bonds is 3. The first-order valence-corrected chi connectivity index (χ1v) is 2.20. The minimum absolute atomic E-state index is 0.135. The third kappa shape index (κ3) is 3.58. The third-order valence-electron chi connectivity index (χ3n) is 0.690. The molecule has 0 aromatic heterocycles. The molecule has 0 saturated carbocycles. The van der Waals surface area contributed by atoms with E-state index in [0.29, 0.717) is 0 Å². The van der Waals surface area contributed by atoms with E-state index < -0.39 is 5.91 Å². The van der Waals surface area contributed by atoms with Crippen molar-refractivity contribution in [2.45, 2.75) is 0 Å². The van der Waals surface area contributed by atoms with Gasteiger partial charge >= 0.3 is 0 Å². The minimum atomic E-state index is -0.394. The third-order valence-corrected chi connectivity index (χ3v) is 0.690. The number of hydrogen-bond donors (Lipinski definition) is 1. The number of nitrogens with two attached hydrogens (primary N) is 1. The first-order chi connectivity index (χ1) is 3.66. The normalized spacial score (nSPS) is 9.88. The molecule has 0 heterocycles. The van der Waals surface area contributed by atoms with Crippen LogP contribution in [0.1, 0.15) is 0 Å². The summed E-state index contributed by atoms with van der Waals surface area (Å²) in [6, 6.07) is 0. The van der Waals surface area contributed by atoms with Crippen LogP contribution in [0.4, 0.5) is 0 Å². The number of hydrogen-bond acceptors (Lipinski definition) is 3. The van der Waals surface area contributed by atoms with Crippen molar-refractivity contribution in [1.29, 1.82) is 0 Å². The fourth-order valence-electron chi connectivity index (χ4n) is 0.284. The van der Waals surface area contributed by atoms with E-state index in [0.717, 1.165) is 0 Å². The van der Waals surface area contributed by atoms with E-state index in [2.05, 4.69) is 4.84 Å². The van der Waals surface area contributed by atoms with Crippen LogP contribution >= 0.6 is 0 Å². The van der Waals surface area contributed by atoms with E-state index in [-0.39, 0.29) is 6.54 Å². The van der Waals surface area contributed by atoms with E-state index in [1.54, 1.807) is 7.05 Å². The summed E-state index contributed by atoms with van der Waals surface area (Å²) >= 11 is 0. The van der Waals surface area contributed by atoms with Gasteiger partial charge in [0, 0.05) is 7.05 Å². The lowest BCUT2D eigenvalue weighted by Crippen LogP contribution is -2.29. The van der Waals surface area contributed by atoms with Crippen LogP contribution in [0.2, 0.25) is 0 Å². The van der Waals surface area contributed by atoms with Crippen LogP contribution in [0.3, 0.4) is 0 Å². The predicted molar refractivity (Wildman–Crippen MR) is 28.8 cm³/mol. The molecule has 0 fully saturated rings. The minimum Gasteiger partial charge on any atom is -0.368 e. The Morgan fingerprint density at radius 2 is 2.38 bits per heavy atom. The highest BCUT2D eigenvalue weighted by Crippen LogP contribution is 1.76. The van der Waals surface area contributed by atoms with Gasteiger partial charge in [-0.05, 0) is 0 Å². The van der Waals surface area contributed by atoms with Gasteiger partial charge in [-0.15, -0.1) is 0 Å². The van der Waals surface area contributed by atoms with Gasteiger partial charge in [0.1, 0.15) is 6.54 Å². The molecule has 0 atom stereocenters. The Bertz CT molecular complexity index is 84.1. The van der Waals surface area contributed by atoms with Gasteiger partial charge in [0.15, 0.2) is 0 Å². The van der Waals surface area contributed by atoms with Crippen molar-refractivity contribution in [3.05, 3.63) is 0 Å². The molecule has 0 unspecified atom stereocenters. The van der Waals surface area contributed by atoms with E-state index in [1.165, 1.54) is 12.2 Å². The summed E-state index contributed by atoms with van der Waals surface area (Å²) in [5.74, 6) is -0.394. The second kappa shape index (κ2) is 3.40. The fraction of sp³-hybridized carbons (Fsp3) is 0.750. The summed E-state index contributed by atoms with van der Waals surface area (Å²) in [5, 5.41) is 1.35. The van der Waals surface area contributed by atoms with Gasteiger partial charge in [-0.2, -0.15) is 5.06 Å². The van der Waals surface area contributed by atoms with Gasteiger partial charge in [-0.1, -0.05) is 0 Å². The number of primary amides is 1. The summed E-state index contributed by atoms with van der Waals surface area (Å²) in [4.78, 5) is 14.7. The van der Waals surface area contributed by atoms with Crippen molar-refractivity contribution in [3.8, 4) is 0 Å². The van der Waals surface area contributed by atoms with E-state index in [9.17, 15) is 4.79 Å². The van der Waals surface area contributed by atoms with Gasteiger partial charge in [0.05, 0.1) is 7.11 Å². The lowest BCUT2D eigenvalue weighted by Gasteiger charge is -2.08. The van der Waals surface area contributed by atoms with Crippen LogP contribution in [0.25, 0.3) is 0 Å². The molecule has 2 N–H and O–H groups in total. The average Bonchev–Trinajstić information content (AvgIpc) is 1.65. The van der Waals surface area contributed by atoms with Gasteiger partial charge in [-0.3, -0.25) is 4.79 Å². The lowest BCUT2D eigenvalue weighted by atomic mass is 10.6. The van der Waals surface area contributed by atoms with Crippen LogP contribution in [0.5, 0.6) is 0 Å². The zero-order valence-electron chi connectivity index (χ0n) is 5.05. The Morgan fingerprint density at radius 1 is 1.88 bits per heavy atom. The first-order valence-electron chi connectivity index (χ1n) is 2.20. The molecule has 0 aliphatic carbocycles. The lowest BCUT2D eigenvalue weighted by molar-refractivity contribution is -0.139. The highest BCUT2D eigenvalue weighted by atomic mass is 16.7. The van der Waals surface area contributed by atoms with Crippen molar-refractivity contribution in [1.82, 2.24) is 5.06 Å². The molecule has 8 heavy (non-hydrogen) atoms. The fourth-order valence-corrected chi connectivity index (χ4v) is 0.284. The molecule has 1 amide bonds. The maximum atomic E-state index is 10.1. The Hall–Kier alpha value is -0.610. The standard InChI is InChI=1S/C4H10N2O2/c1-6(8-2)3-4(5)7/h3H2,1-2H3,(H2,5,7). The van der Waals surface area contributed by atoms with E-state index in [1.807, 2.05) is 0 Å². The van der Waals surface area contributed by atoms with Crippen molar-refractivity contribution < 1.29 is 9.63 Å². The molecule has 0 rings (SSSR count). The molecule has 0 aliphatic heterocycles. The highest BCUT2D eigenvalue weighted by Gasteiger charge is 1.97. The van der Waals surface area contributed by atoms with Crippen LogP contribution in [0.15, 0.2) is 0 Å². The van der Waals surface area contributed by atoms with Gasteiger partial charge in [0.25, 0.3) is 0 Å². The number of amides is 1. The van der Waals surface area contributed by atoms with Crippen LogP contribution in [0, 0.1) is 0 Å². The maximum Gasteiger partial charge on any atom is 0.234 e. The largest absolute Gasteiger partial charge is 0.368 e. The summed E-state index contributed by atoms with van der Waals surface area (Å²) in [5.41, 5.74) is 4.81. The Balaban J connectivity index is 3.24. The molecule has 4 heteroatoms. The summed E-state index contributed by atoms with van der Waals surface area (Å²) in [6.45, 7) is 0.135. The SMILES string of the molecule is CON(C)CC(N)=O. The molecular weight excluding hydrogens is 108 g/mol. The van der Waals surface area contributed by atoms with Gasteiger partial charge in [0.2, 0.25) is 5.91 Å². The zero-order chi connectivity index (χ0) is 6.57. The van der Waals surface area contributed by atoms with Crippen LogP contribution < -0.4 is 5.73 Å². The van der Waals surface area contributed by atoms with Crippen LogP contribution in [-0.2, 0) is 9.63 Å². The van der Waals surface area contributed by atoms with E-state index >= 15 is 0 Å². The van der Waals surface area contributed by atoms with Crippen LogP contribution in [-0.4, -0.2) is 31.7 Å². The smallest absolute Gasteiger partial charge is 0.234 e. The second-order valence-electron chi connectivity index (χ2n) is 1.43. The molecule has 0 spiro atoms. The second-order valence-corrected chi connectivity index (χ2v) is 1.43. The zero-order valence-corrected chi connectivity index (χ0v) is 5.05. The van der Waals surface area contributed by atoms with Crippen molar-refractivity contribution in [3.63, 3.8) is 0 Å². The molecule has 0 aromatic carbocycles. The highest BCUT2D eigenvalue weighted by molar-refractivity contribution is 5.75. The van der Waals surface area contributed by atoms with E-state index in [4.69, 9.17) is 5.73 Å². The summed E-state index contributed by atoms with van der Waals surface area (Å²) < 4.78 is 0. The molecule has 0 bridgehead atoms. The Kier molecular flexibility index (Phi) is 3.14. The number of nitrogens with zero attached hydrogens (tertiary/aromatic N) is 1. The van der Waals surface area contributed by atoms with Crippen molar-refractivity contribution in [2.75, 3.05) is 20.7 Å². The number of carbonyl (C=O) groups is 1. The molecular formula is C4H10N2O2. The molecule has 0 radical (unpaired) electrons. The number of likely N-dealkylation sites (N-methyl/N-ethyl adjacent to an activating group) is 1. The quantitative estimate of drug-likeness (QED) is 0.482. The maximum absolute atomic E-state index is 10.1. The predicted octanol–water partition coefficient (Wildman–Crippen LogP) is -1.04. The Labute approximate surface area is 48.2 Å². The molecule has 0 saturated heterocycles. The first kappa shape index (κ1) is 7.39. The summed E-state index contributed by atoms with van der Waals surface area (Å²) in [6.07, 6.45) is 0. The molecule has 48 valence electrons. The molecule has 0 aliphatic rings. The number of hydroxylamine groups is 2. The van der Waals surface area contributed by atoms with Crippen molar-refractivity contribution in [2.24, 2.45) is 5.73 Å². The summed E-state index contributed by atoms with van der Waals surface area (Å²) in [7, 11) is 3.10. The van der Waals surface area contributed by atoms with Gasteiger partial charge < -0.3 is 10.6 Å². The Morgan fingerprint density at radius 3 is 2.50 bits per heavy atom. The molecule has 0 aromatic rings. The van der Waals surface area contributed by atoms with Crippen molar-refractivity contribution >= 4 is 5.91 Å². The van der Waals surface area contributed by atoms with Gasteiger partial charge in [-0.25, -0.2) is 0 Å². The molecule has 4 nitrogen and oxygen atoms in total. The number of carbonyl (C=O) groups excluding carboxylic acids is 1. The average molecular weight is 118 g/mol. The monoisotopic (exact) mass is 118 g/mol. The topological polar surface area (TPSA) is 55.6 Å².